The number of allylic oxidation sites excluding steroid dienone is 3. The van der Waals surface area contributed by atoms with E-state index in [1.165, 1.54) is 17.7 Å². The SMILES string of the molecule is CC1=CC=C=C[CH]1.O=[N+]([O-])c1ccc(NC(=S)S)cc1.[Hg+]. The van der Waals surface area contributed by atoms with Crippen LogP contribution in [0.4, 0.5) is 11.4 Å². The van der Waals surface area contributed by atoms with Gasteiger partial charge in [0.05, 0.1) is 4.92 Å². The van der Waals surface area contributed by atoms with Gasteiger partial charge in [0.25, 0.3) is 5.69 Å². The van der Waals surface area contributed by atoms with Gasteiger partial charge in [-0.05, 0) is 31.2 Å². The first-order valence-corrected chi connectivity index (χ1v) is 6.51. The third kappa shape index (κ3) is 8.83. The van der Waals surface area contributed by atoms with Gasteiger partial charge in [0.1, 0.15) is 4.32 Å². The number of hydrogen-bond acceptors (Lipinski definition) is 3. The van der Waals surface area contributed by atoms with E-state index in [-0.39, 0.29) is 33.4 Å². The second-order valence-corrected chi connectivity index (χ2v) is 4.97. The molecule has 2 rings (SSSR count). The largest absolute Gasteiger partial charge is 1.00 e. The number of nitrogens with one attached hydrogen (secondary N) is 1. The van der Waals surface area contributed by atoms with Crippen LogP contribution < -0.4 is 5.32 Å². The van der Waals surface area contributed by atoms with Crippen molar-refractivity contribution in [2.24, 2.45) is 0 Å². The normalized spacial score (nSPS) is 11.4. The van der Waals surface area contributed by atoms with Crippen LogP contribution in [-0.4, -0.2) is 9.24 Å². The Labute approximate surface area is 155 Å². The maximum atomic E-state index is 10.3. The number of benzene rings is 1. The summed E-state index contributed by atoms with van der Waals surface area (Å²) >= 11 is 8.54. The average Bonchev–Trinajstić information content (AvgIpc) is 2.40. The van der Waals surface area contributed by atoms with Gasteiger partial charge in [0.15, 0.2) is 0 Å². The number of thiocarbonyl (C=S) groups is 1. The van der Waals surface area contributed by atoms with Crippen molar-refractivity contribution >= 4 is 40.5 Å². The molecule has 0 saturated heterocycles. The van der Waals surface area contributed by atoms with Crippen LogP contribution in [0, 0.1) is 16.5 Å². The first kappa shape index (κ1) is 20.1. The van der Waals surface area contributed by atoms with E-state index >= 15 is 0 Å². The number of nitrogens with zero attached hydrogens (tertiary/aromatic N) is 1. The van der Waals surface area contributed by atoms with Crippen molar-refractivity contribution in [3.8, 4) is 0 Å². The van der Waals surface area contributed by atoms with E-state index in [0.29, 0.717) is 10.0 Å². The summed E-state index contributed by atoms with van der Waals surface area (Å²) in [5.41, 5.74) is 4.96. The van der Waals surface area contributed by atoms with E-state index in [1.54, 1.807) is 12.1 Å². The molecule has 21 heavy (non-hydrogen) atoms. The number of nitro groups is 1. The molecule has 0 aliphatic heterocycles. The summed E-state index contributed by atoms with van der Waals surface area (Å²) in [4.78, 5) is 9.82. The molecule has 1 aliphatic rings. The zero-order valence-electron chi connectivity index (χ0n) is 11.4. The summed E-state index contributed by atoms with van der Waals surface area (Å²) in [6.07, 6.45) is 7.88. The number of anilines is 1. The van der Waals surface area contributed by atoms with Crippen molar-refractivity contribution in [3.05, 3.63) is 70.3 Å². The number of nitro benzene ring substituents is 1. The molecule has 1 aromatic rings. The second-order valence-electron chi connectivity index (χ2n) is 3.81. The summed E-state index contributed by atoms with van der Waals surface area (Å²) in [5, 5.41) is 13.0. The Kier molecular flexibility index (Phi) is 10.3. The summed E-state index contributed by atoms with van der Waals surface area (Å²) in [6.45, 7) is 2.06. The summed E-state index contributed by atoms with van der Waals surface area (Å²) in [5.74, 6) is 0. The number of hydrogen-bond donors (Lipinski definition) is 2. The van der Waals surface area contributed by atoms with Crippen LogP contribution in [0.2, 0.25) is 0 Å². The minimum Gasteiger partial charge on any atom is -0.341 e. The minimum absolute atomic E-state index is 0. The fraction of sp³-hybridized carbons (Fsp3) is 0.0714. The zero-order valence-corrected chi connectivity index (χ0v) is 18.7. The summed E-state index contributed by atoms with van der Waals surface area (Å²) < 4.78 is 0.328. The van der Waals surface area contributed by atoms with Crippen LogP contribution in [0.15, 0.2) is 53.8 Å². The maximum Gasteiger partial charge on any atom is 1.00 e. The van der Waals surface area contributed by atoms with Crippen LogP contribution in [0.3, 0.4) is 0 Å². The fourth-order valence-corrected chi connectivity index (χ4v) is 1.51. The van der Waals surface area contributed by atoms with Crippen LogP contribution >= 0.6 is 24.8 Å². The second kappa shape index (κ2) is 10.7. The predicted octanol–water partition coefficient (Wildman–Crippen LogP) is 4.08. The molecule has 0 atom stereocenters. The summed E-state index contributed by atoms with van der Waals surface area (Å²) in [7, 11) is 0. The van der Waals surface area contributed by atoms with E-state index < -0.39 is 4.92 Å². The first-order valence-electron chi connectivity index (χ1n) is 5.66. The minimum atomic E-state index is -0.456. The Morgan fingerprint density at radius 2 is 1.95 bits per heavy atom. The van der Waals surface area contributed by atoms with E-state index in [9.17, 15) is 10.1 Å². The van der Waals surface area contributed by atoms with Gasteiger partial charge >= 0.3 is 27.7 Å². The van der Waals surface area contributed by atoms with Crippen molar-refractivity contribution in [3.63, 3.8) is 0 Å². The van der Waals surface area contributed by atoms with Crippen molar-refractivity contribution in [2.45, 2.75) is 6.92 Å². The molecule has 0 bridgehead atoms. The molecule has 1 N–H and O–H groups in total. The van der Waals surface area contributed by atoms with E-state index in [0.717, 1.165) is 0 Å². The van der Waals surface area contributed by atoms with Crippen molar-refractivity contribution < 1.29 is 32.6 Å². The van der Waals surface area contributed by atoms with Gasteiger partial charge in [0, 0.05) is 24.2 Å². The average molecular weight is 506 g/mol. The van der Waals surface area contributed by atoms with Crippen molar-refractivity contribution in [1.82, 2.24) is 0 Å². The molecule has 104 valence electrons. The van der Waals surface area contributed by atoms with Gasteiger partial charge in [-0.3, -0.25) is 10.1 Å². The van der Waals surface area contributed by atoms with Crippen molar-refractivity contribution in [2.75, 3.05) is 5.32 Å². The fourth-order valence-electron chi connectivity index (χ4n) is 1.26. The molecule has 4 nitrogen and oxygen atoms in total. The van der Waals surface area contributed by atoms with Gasteiger partial charge in [0.2, 0.25) is 0 Å². The maximum absolute atomic E-state index is 10.3. The molecule has 0 saturated carbocycles. The predicted molar refractivity (Wildman–Crippen MR) is 89.0 cm³/mol. The van der Waals surface area contributed by atoms with E-state index in [4.69, 9.17) is 0 Å². The molecule has 7 heteroatoms. The molecule has 1 aromatic carbocycles. The van der Waals surface area contributed by atoms with Crippen LogP contribution in [0.1, 0.15) is 6.92 Å². The Morgan fingerprint density at radius 3 is 2.29 bits per heavy atom. The number of rotatable bonds is 2. The Hall–Kier alpha value is -0.945. The Morgan fingerprint density at radius 1 is 1.33 bits per heavy atom. The van der Waals surface area contributed by atoms with Gasteiger partial charge in [-0.15, -0.1) is 18.4 Å². The number of non-ortho nitro benzene ring substituents is 1. The van der Waals surface area contributed by atoms with Gasteiger partial charge in [-0.25, -0.2) is 0 Å². The van der Waals surface area contributed by atoms with Crippen LogP contribution in [0.25, 0.3) is 0 Å². The van der Waals surface area contributed by atoms with Crippen molar-refractivity contribution in [1.29, 1.82) is 0 Å². The molecule has 0 heterocycles. The smallest absolute Gasteiger partial charge is 0.341 e. The molecule has 0 spiro atoms. The molecule has 2 radical (unpaired) electrons. The molecular formula is C14H13HgN2O2S2+. The molecule has 0 aromatic heterocycles. The third-order valence-electron chi connectivity index (χ3n) is 2.21. The van der Waals surface area contributed by atoms with Crippen LogP contribution in [-0.2, 0) is 27.7 Å². The zero-order chi connectivity index (χ0) is 15.0. The quantitative estimate of drug-likeness (QED) is 0.159. The van der Waals surface area contributed by atoms with Gasteiger partial charge < -0.3 is 5.32 Å². The molecule has 0 fully saturated rings. The van der Waals surface area contributed by atoms with E-state index in [2.05, 4.69) is 42.8 Å². The van der Waals surface area contributed by atoms with Gasteiger partial charge in [-0.2, -0.15) is 0 Å². The van der Waals surface area contributed by atoms with E-state index in [1.807, 2.05) is 24.6 Å². The third-order valence-corrected chi connectivity index (χ3v) is 2.43. The van der Waals surface area contributed by atoms with Crippen LogP contribution in [0.5, 0.6) is 0 Å². The Bertz CT molecular complexity index is 591. The van der Waals surface area contributed by atoms with Gasteiger partial charge in [-0.1, -0.05) is 23.9 Å². The topological polar surface area (TPSA) is 55.2 Å². The monoisotopic (exact) mass is 507 g/mol. The number of thiol groups is 1. The molecule has 1 aliphatic carbocycles. The molecule has 0 unspecified atom stereocenters. The Balaban J connectivity index is 0.000000425. The standard InChI is InChI=1S/C7H6N2O2S2.C7H7.Hg/c10-9(11)6-3-1-5(2-4-6)8-7(12)13;1-7-5-3-2-4-6-7;/h1-4H,(H2,8,12,13);3-6H,1H3;/q;;+1. The molecular weight excluding hydrogens is 493 g/mol. The molecule has 0 amide bonds. The summed E-state index contributed by atoms with van der Waals surface area (Å²) in [6, 6.07) is 5.93. The first-order chi connectivity index (χ1) is 9.49.